The van der Waals surface area contributed by atoms with E-state index in [2.05, 4.69) is 17.1 Å². The van der Waals surface area contributed by atoms with Gasteiger partial charge in [-0.3, -0.25) is 4.79 Å². The fourth-order valence-corrected chi connectivity index (χ4v) is 4.41. The number of carboxylic acids is 2. The maximum atomic E-state index is 13.3. The summed E-state index contributed by atoms with van der Waals surface area (Å²) in [5.41, 5.74) is 1.66. The zero-order valence-electron chi connectivity index (χ0n) is 19.6. The summed E-state index contributed by atoms with van der Waals surface area (Å²) in [7, 11) is 0. The molecule has 9 nitrogen and oxygen atoms in total. The van der Waals surface area contributed by atoms with Gasteiger partial charge < -0.3 is 25.2 Å². The number of likely N-dealkylation sites (tertiary alicyclic amines) is 1. The number of aliphatic carboxylic acids is 2. The zero-order valence-corrected chi connectivity index (χ0v) is 20.4. The number of halogens is 1. The molecule has 0 aliphatic carbocycles. The Kier molecular flexibility index (Phi) is 10.8. The van der Waals surface area contributed by atoms with Crippen LogP contribution in [0.1, 0.15) is 43.5 Å². The summed E-state index contributed by atoms with van der Waals surface area (Å²) in [6.45, 7) is 6.99. The van der Waals surface area contributed by atoms with E-state index >= 15 is 0 Å². The van der Waals surface area contributed by atoms with E-state index in [0.29, 0.717) is 34.7 Å². The summed E-state index contributed by atoms with van der Waals surface area (Å²) >= 11 is 1.28. The number of amides is 1. The van der Waals surface area contributed by atoms with Crippen LogP contribution in [-0.2, 0) is 19.1 Å². The molecule has 3 N–H and O–H groups in total. The molecule has 0 bridgehead atoms. The second-order valence-electron chi connectivity index (χ2n) is 8.01. The molecule has 1 fully saturated rings. The Morgan fingerprint density at radius 1 is 1.11 bits per heavy atom. The van der Waals surface area contributed by atoms with Crippen LogP contribution in [-0.4, -0.2) is 65.2 Å². The number of rotatable bonds is 7. The van der Waals surface area contributed by atoms with Gasteiger partial charge in [-0.15, -0.1) is 11.3 Å². The van der Waals surface area contributed by atoms with E-state index in [1.807, 2.05) is 0 Å². The molecule has 0 atom stereocenters. The molecular formula is C24H29FN2O7S. The number of carbonyl (C=O) groups is 4. The SMILES string of the molecule is CCOC(=O)c1c(-c2ccc(F)cc2)csc1NC(=O)CCN1CCC(C)CC1.O=C(O)C(=O)O. The van der Waals surface area contributed by atoms with Gasteiger partial charge in [0.1, 0.15) is 16.4 Å². The molecular weight excluding hydrogens is 479 g/mol. The van der Waals surface area contributed by atoms with Gasteiger partial charge >= 0.3 is 17.9 Å². The summed E-state index contributed by atoms with van der Waals surface area (Å²) in [6, 6.07) is 5.92. The number of benzene rings is 1. The Morgan fingerprint density at radius 3 is 2.26 bits per heavy atom. The number of carboxylic acid groups (broad SMARTS) is 2. The van der Waals surface area contributed by atoms with Gasteiger partial charge in [-0.25, -0.2) is 18.8 Å². The number of carbonyl (C=O) groups excluding carboxylic acids is 2. The molecule has 2 heterocycles. The quantitative estimate of drug-likeness (QED) is 0.378. The van der Waals surface area contributed by atoms with Gasteiger partial charge in [0, 0.05) is 23.9 Å². The fourth-order valence-electron chi connectivity index (χ4n) is 3.43. The molecule has 3 rings (SSSR count). The number of nitrogens with one attached hydrogen (secondary N) is 1. The molecule has 1 aromatic heterocycles. The Labute approximate surface area is 206 Å². The van der Waals surface area contributed by atoms with E-state index in [-0.39, 0.29) is 18.3 Å². The lowest BCUT2D eigenvalue weighted by molar-refractivity contribution is -0.159. The van der Waals surface area contributed by atoms with Crippen molar-refractivity contribution in [1.29, 1.82) is 0 Å². The molecule has 11 heteroatoms. The number of hydrogen-bond acceptors (Lipinski definition) is 7. The van der Waals surface area contributed by atoms with Crippen LogP contribution in [0.3, 0.4) is 0 Å². The van der Waals surface area contributed by atoms with Gasteiger partial charge in [-0.2, -0.15) is 0 Å². The topological polar surface area (TPSA) is 133 Å². The Morgan fingerprint density at radius 2 is 1.71 bits per heavy atom. The lowest BCUT2D eigenvalue weighted by atomic mass is 9.99. The first-order valence-electron chi connectivity index (χ1n) is 11.1. The lowest BCUT2D eigenvalue weighted by Crippen LogP contribution is -2.35. The summed E-state index contributed by atoms with van der Waals surface area (Å²) in [5, 5.41) is 19.9. The van der Waals surface area contributed by atoms with E-state index in [0.717, 1.165) is 19.0 Å². The molecule has 1 aliphatic rings. The molecule has 35 heavy (non-hydrogen) atoms. The normalized spacial score (nSPS) is 13.9. The van der Waals surface area contributed by atoms with Crippen molar-refractivity contribution in [3.63, 3.8) is 0 Å². The maximum Gasteiger partial charge on any atom is 0.414 e. The molecule has 1 saturated heterocycles. The Bertz CT molecular complexity index is 1020. The summed E-state index contributed by atoms with van der Waals surface area (Å²) in [4.78, 5) is 45.6. The van der Waals surface area contributed by atoms with Crippen molar-refractivity contribution in [3.05, 3.63) is 41.0 Å². The smallest absolute Gasteiger partial charge is 0.414 e. The lowest BCUT2D eigenvalue weighted by Gasteiger charge is -2.29. The van der Waals surface area contributed by atoms with Crippen LogP contribution < -0.4 is 5.32 Å². The van der Waals surface area contributed by atoms with E-state index in [1.54, 1.807) is 24.4 Å². The van der Waals surface area contributed by atoms with E-state index in [4.69, 9.17) is 24.5 Å². The number of thiophene rings is 1. The molecule has 1 aliphatic heterocycles. The van der Waals surface area contributed by atoms with Gasteiger partial charge in [0.15, 0.2) is 0 Å². The summed E-state index contributed by atoms with van der Waals surface area (Å²) < 4.78 is 18.5. The minimum Gasteiger partial charge on any atom is -0.473 e. The number of hydrogen-bond donors (Lipinski definition) is 3. The summed E-state index contributed by atoms with van der Waals surface area (Å²) in [5.74, 6) is -3.86. The number of ether oxygens (including phenoxy) is 1. The number of nitrogens with zero attached hydrogens (tertiary/aromatic N) is 1. The molecule has 2 aromatic rings. The Balaban J connectivity index is 0.000000641. The van der Waals surface area contributed by atoms with Crippen LogP contribution in [0.15, 0.2) is 29.6 Å². The van der Waals surface area contributed by atoms with Crippen molar-refractivity contribution in [1.82, 2.24) is 4.90 Å². The van der Waals surface area contributed by atoms with Crippen molar-refractivity contribution >= 4 is 40.2 Å². The Hall–Kier alpha value is -3.31. The van der Waals surface area contributed by atoms with Crippen LogP contribution in [0.4, 0.5) is 9.39 Å². The zero-order chi connectivity index (χ0) is 26.0. The van der Waals surface area contributed by atoms with Gasteiger partial charge in [0.05, 0.1) is 6.61 Å². The number of anilines is 1. The number of piperidine rings is 1. The average Bonchev–Trinajstić information content (AvgIpc) is 3.23. The van der Waals surface area contributed by atoms with Gasteiger partial charge in [0.2, 0.25) is 5.91 Å². The van der Waals surface area contributed by atoms with Crippen LogP contribution in [0.25, 0.3) is 11.1 Å². The van der Waals surface area contributed by atoms with E-state index < -0.39 is 17.9 Å². The second kappa shape index (κ2) is 13.5. The van der Waals surface area contributed by atoms with Crippen molar-refractivity contribution in [2.24, 2.45) is 5.92 Å². The number of esters is 1. The maximum absolute atomic E-state index is 13.3. The highest BCUT2D eigenvalue weighted by Crippen LogP contribution is 2.36. The molecule has 1 amide bonds. The second-order valence-corrected chi connectivity index (χ2v) is 8.89. The standard InChI is InChI=1S/C22H27FN2O3S.C2H2O4/c1-3-28-22(27)20-18(16-4-6-17(23)7-5-16)14-29-21(20)24-19(26)10-13-25-11-8-15(2)9-12-25;3-1(4)2(5)6/h4-7,14-15H,3,8-13H2,1-2H3,(H,24,26);(H,3,4)(H,5,6). The van der Waals surface area contributed by atoms with Gasteiger partial charge in [-0.1, -0.05) is 19.1 Å². The third-order valence-electron chi connectivity index (χ3n) is 5.39. The third-order valence-corrected chi connectivity index (χ3v) is 6.29. The van der Waals surface area contributed by atoms with Crippen LogP contribution in [0.5, 0.6) is 0 Å². The predicted molar refractivity (Wildman–Crippen MR) is 129 cm³/mol. The monoisotopic (exact) mass is 508 g/mol. The summed E-state index contributed by atoms with van der Waals surface area (Å²) in [6.07, 6.45) is 2.71. The first kappa shape index (κ1) is 27.9. The van der Waals surface area contributed by atoms with Crippen molar-refractivity contribution in [2.45, 2.75) is 33.1 Å². The molecule has 0 radical (unpaired) electrons. The molecule has 0 saturated carbocycles. The highest BCUT2D eigenvalue weighted by Gasteiger charge is 2.23. The minimum atomic E-state index is -1.82. The average molecular weight is 509 g/mol. The fraction of sp³-hybridized carbons (Fsp3) is 0.417. The van der Waals surface area contributed by atoms with Gasteiger partial charge in [-0.05, 0) is 56.5 Å². The first-order chi connectivity index (χ1) is 16.6. The highest BCUT2D eigenvalue weighted by atomic mass is 32.1. The van der Waals surface area contributed by atoms with Crippen LogP contribution in [0.2, 0.25) is 0 Å². The predicted octanol–water partition coefficient (Wildman–Crippen LogP) is 3.95. The minimum absolute atomic E-state index is 0.123. The third kappa shape index (κ3) is 8.76. The molecule has 190 valence electrons. The van der Waals surface area contributed by atoms with Crippen molar-refractivity contribution in [3.8, 4) is 11.1 Å². The van der Waals surface area contributed by atoms with E-state index in [1.165, 1.54) is 36.3 Å². The largest absolute Gasteiger partial charge is 0.473 e. The van der Waals surface area contributed by atoms with Gasteiger partial charge in [0.25, 0.3) is 0 Å². The first-order valence-corrected chi connectivity index (χ1v) is 12.0. The molecule has 1 aromatic carbocycles. The van der Waals surface area contributed by atoms with E-state index in [9.17, 15) is 14.0 Å². The van der Waals surface area contributed by atoms with Crippen LogP contribution in [0, 0.1) is 11.7 Å². The molecule has 0 unspecified atom stereocenters. The molecule has 0 spiro atoms. The van der Waals surface area contributed by atoms with Crippen LogP contribution >= 0.6 is 11.3 Å². The van der Waals surface area contributed by atoms with Crippen molar-refractivity contribution in [2.75, 3.05) is 31.6 Å². The van der Waals surface area contributed by atoms with Crippen molar-refractivity contribution < 1.29 is 38.5 Å². The highest BCUT2D eigenvalue weighted by molar-refractivity contribution is 7.15.